The second-order valence-electron chi connectivity index (χ2n) is 31.3. The molecule has 16 aromatic carbocycles. The van der Waals surface area contributed by atoms with E-state index in [9.17, 15) is 0 Å². The summed E-state index contributed by atoms with van der Waals surface area (Å²) in [6, 6.07) is 139. The highest BCUT2D eigenvalue weighted by molar-refractivity contribution is 7.99. The van der Waals surface area contributed by atoms with Crippen molar-refractivity contribution < 1.29 is 0 Å². The van der Waals surface area contributed by atoms with Crippen LogP contribution in [0.1, 0.15) is 55.6 Å². The lowest BCUT2D eigenvalue weighted by molar-refractivity contribution is 0.724. The van der Waals surface area contributed by atoms with Gasteiger partial charge in [-0.15, -0.1) is 0 Å². The molecule has 0 saturated carbocycles. The molecule has 5 aliphatic rings. The Hall–Kier alpha value is -14.0. The van der Waals surface area contributed by atoms with E-state index in [-0.39, 0.29) is 0 Å². The fourth-order valence-electron chi connectivity index (χ4n) is 20.5. The van der Waals surface area contributed by atoms with E-state index < -0.39 is 10.8 Å². The van der Waals surface area contributed by atoms with Crippen molar-refractivity contribution in [2.75, 3.05) is 0 Å². The van der Waals surface area contributed by atoms with Crippen LogP contribution in [-0.4, -0.2) is 29.1 Å². The van der Waals surface area contributed by atoms with Crippen LogP contribution in [-0.2, 0) is 23.7 Å². The fraction of sp³-hybridized carbons (Fsp3) is 0.0370. The number of aryl methyl sites for hydroxylation is 2. The molecule has 540 valence electrons. The van der Waals surface area contributed by atoms with Gasteiger partial charge in [0.05, 0.1) is 50.2 Å². The van der Waals surface area contributed by atoms with Crippen molar-refractivity contribution in [2.45, 2.75) is 43.3 Å². The van der Waals surface area contributed by atoms with Crippen LogP contribution < -0.4 is 0 Å². The predicted molar refractivity (Wildman–Crippen MR) is 475 cm³/mol. The van der Waals surface area contributed by atoms with Crippen LogP contribution in [0.15, 0.2) is 396 Å². The van der Waals surface area contributed by atoms with Crippen LogP contribution in [0.4, 0.5) is 0 Å². The third kappa shape index (κ3) is 9.45. The molecule has 6 heterocycles. The standard InChI is InChI=1S/C108H66N6S2/c1-4-28-67(29-5-1)93-61-94(72-35-25-37-74(57-72)113-96-63-100-91(59-83(96)80-53-50-65-26-10-12-38-75(65)103(80)113)107(89-46-20-22-48-98(89)115-100)85-43-17-14-40-77(85)78-41-15-18-44-86(78)107)110-106(109-93)73-36-24-34-70(56-73)71-52-55-88-82(58-71)79-42-16-19-45-87(79)108(88)90-47-21-23-49-99(90)116-101-64-97-84(60-92(101)108)81-54-51-66-27-11-13-39-76(66)104(81)114(97)102-62-95(68-30-6-2-7-31-68)111-105(112-102)69-32-8-3-9-33-69/h1-50,52-53,55-64H,51,54H2. The van der Waals surface area contributed by atoms with Crippen molar-refractivity contribution >= 4 is 67.0 Å². The van der Waals surface area contributed by atoms with Crippen molar-refractivity contribution in [3.05, 3.63) is 432 Å². The van der Waals surface area contributed by atoms with Gasteiger partial charge in [0.15, 0.2) is 11.6 Å². The Balaban J connectivity index is 0.634. The van der Waals surface area contributed by atoms with Gasteiger partial charge in [-0.25, -0.2) is 19.9 Å². The Kier molecular flexibility index (Phi) is 14.3. The summed E-state index contributed by atoms with van der Waals surface area (Å²) in [6.07, 6.45) is 1.84. The number of nitrogens with zero attached hydrogens (tertiary/aromatic N) is 6. The third-order valence-corrected chi connectivity index (χ3v) is 27.6. The Bertz CT molecular complexity index is 7500. The maximum Gasteiger partial charge on any atom is 0.162 e. The molecule has 0 fully saturated rings. The fourth-order valence-corrected chi connectivity index (χ4v) is 22.9. The highest BCUT2D eigenvalue weighted by Gasteiger charge is 2.53. The van der Waals surface area contributed by atoms with Crippen molar-refractivity contribution in [1.82, 2.24) is 29.1 Å². The molecule has 2 spiro atoms. The summed E-state index contributed by atoms with van der Waals surface area (Å²) in [5, 5.41) is 6.08. The minimum absolute atomic E-state index is 0.513. The van der Waals surface area contributed by atoms with E-state index in [1.807, 2.05) is 23.5 Å². The predicted octanol–water partition coefficient (Wildman–Crippen LogP) is 26.9. The van der Waals surface area contributed by atoms with Gasteiger partial charge in [-0.2, -0.15) is 0 Å². The van der Waals surface area contributed by atoms with E-state index in [2.05, 4.69) is 385 Å². The lowest BCUT2D eigenvalue weighted by atomic mass is 9.67. The summed E-state index contributed by atoms with van der Waals surface area (Å²) in [4.78, 5) is 27.0. The maximum atomic E-state index is 5.65. The van der Waals surface area contributed by atoms with Crippen LogP contribution in [0.5, 0.6) is 0 Å². The topological polar surface area (TPSA) is 61.4 Å². The molecule has 0 N–H and O–H groups in total. The molecular weight excluding hydrogens is 1450 g/mol. The van der Waals surface area contributed by atoms with E-state index in [4.69, 9.17) is 19.9 Å². The zero-order valence-corrected chi connectivity index (χ0v) is 64.3. The lowest BCUT2D eigenvalue weighted by Crippen LogP contribution is -2.32. The van der Waals surface area contributed by atoms with Crippen LogP contribution >= 0.6 is 23.5 Å². The molecular formula is C108H66N6S2. The molecule has 0 amide bonds. The molecule has 8 heteroatoms. The van der Waals surface area contributed by atoms with E-state index in [0.717, 1.165) is 91.4 Å². The summed E-state index contributed by atoms with van der Waals surface area (Å²) >= 11 is 3.78. The van der Waals surface area contributed by atoms with Crippen LogP contribution in [0, 0.1) is 0 Å². The molecule has 116 heavy (non-hydrogen) atoms. The number of hydrogen-bond donors (Lipinski definition) is 0. The highest BCUT2D eigenvalue weighted by Crippen LogP contribution is 2.66. The lowest BCUT2D eigenvalue weighted by Gasteiger charge is -2.40. The zero-order chi connectivity index (χ0) is 75.9. The van der Waals surface area contributed by atoms with Gasteiger partial charge in [-0.05, 0) is 174 Å². The normalized spacial score (nSPS) is 14.7. The summed E-state index contributed by atoms with van der Waals surface area (Å²) < 4.78 is 5.00. The van der Waals surface area contributed by atoms with Crippen molar-refractivity contribution in [2.24, 2.45) is 0 Å². The number of fused-ring (bicyclic) bond motifs is 28. The van der Waals surface area contributed by atoms with Gasteiger partial charge >= 0.3 is 0 Å². The number of aromatic nitrogens is 6. The van der Waals surface area contributed by atoms with Gasteiger partial charge in [0, 0.05) is 86.3 Å². The van der Waals surface area contributed by atoms with Crippen LogP contribution in [0.2, 0.25) is 0 Å². The summed E-state index contributed by atoms with van der Waals surface area (Å²) in [5.41, 5.74) is 33.8. The summed E-state index contributed by atoms with van der Waals surface area (Å²) in [5.74, 6) is 2.19. The number of benzene rings is 16. The molecule has 2 aliphatic heterocycles. The Labute approximate surface area is 678 Å². The van der Waals surface area contributed by atoms with Gasteiger partial charge in [-0.1, -0.05) is 327 Å². The average molecular weight is 1510 g/mol. The summed E-state index contributed by atoms with van der Waals surface area (Å²) in [6.45, 7) is 0. The smallest absolute Gasteiger partial charge is 0.162 e. The van der Waals surface area contributed by atoms with Crippen LogP contribution in [0.3, 0.4) is 0 Å². The highest BCUT2D eigenvalue weighted by atomic mass is 32.2. The first-order valence-electron chi connectivity index (χ1n) is 39.9. The van der Waals surface area contributed by atoms with Gasteiger partial charge < -0.3 is 4.57 Å². The molecule has 0 saturated heterocycles. The number of rotatable bonds is 8. The molecule has 25 rings (SSSR count). The molecule has 20 aromatic rings. The Morgan fingerprint density at radius 1 is 0.259 bits per heavy atom. The van der Waals surface area contributed by atoms with Gasteiger partial charge in [0.25, 0.3) is 0 Å². The zero-order valence-electron chi connectivity index (χ0n) is 62.7. The largest absolute Gasteiger partial charge is 0.309 e. The van der Waals surface area contributed by atoms with Crippen LogP contribution in [0.25, 0.3) is 156 Å². The van der Waals surface area contributed by atoms with Crippen molar-refractivity contribution in [3.8, 4) is 113 Å². The van der Waals surface area contributed by atoms with Gasteiger partial charge in [-0.3, -0.25) is 4.57 Å². The molecule has 1 unspecified atom stereocenters. The Morgan fingerprint density at radius 3 is 1.42 bits per heavy atom. The first-order chi connectivity index (χ1) is 57.5. The molecule has 4 aromatic heterocycles. The minimum atomic E-state index is -0.644. The second kappa shape index (κ2) is 25.2. The molecule has 1 atom stereocenters. The van der Waals surface area contributed by atoms with E-state index in [0.29, 0.717) is 11.6 Å². The van der Waals surface area contributed by atoms with E-state index >= 15 is 0 Å². The van der Waals surface area contributed by atoms with Gasteiger partial charge in [0.2, 0.25) is 0 Å². The molecule has 0 radical (unpaired) electrons. The first-order valence-corrected chi connectivity index (χ1v) is 41.6. The SMILES string of the molecule is c1ccc(-c2cc(-c3cccc(-n4c5cc6c(cc5c5ccc7ccccc7c54)C4(c5ccccc5S6)c5ccccc5-c5ccccc54)c3)nc(-c3cccc(-c4ccc5c(c4)-c4ccccc4C54c5ccccc5Sc5cc6c(cc54)c4c(n6-c5cc(-c6ccccc6)nc(-c6ccccc6)n5)-c5ccccc5CC4)c3)n2)cc1. The van der Waals surface area contributed by atoms with Crippen molar-refractivity contribution in [3.63, 3.8) is 0 Å². The minimum Gasteiger partial charge on any atom is -0.309 e. The molecule has 6 nitrogen and oxygen atoms in total. The van der Waals surface area contributed by atoms with Gasteiger partial charge in [0.1, 0.15) is 5.82 Å². The second-order valence-corrected chi connectivity index (χ2v) is 33.5. The maximum absolute atomic E-state index is 5.65. The van der Waals surface area contributed by atoms with Crippen molar-refractivity contribution in [1.29, 1.82) is 0 Å². The molecule has 0 bridgehead atoms. The van der Waals surface area contributed by atoms with E-state index in [1.54, 1.807) is 0 Å². The van der Waals surface area contributed by atoms with E-state index in [1.165, 1.54) is 141 Å². The first kappa shape index (κ1) is 65.5. The monoisotopic (exact) mass is 1510 g/mol. The summed E-state index contributed by atoms with van der Waals surface area (Å²) in [7, 11) is 0. The average Bonchev–Trinajstić information content (AvgIpc) is 1.50. The number of hydrogen-bond acceptors (Lipinski definition) is 6. The molecule has 3 aliphatic carbocycles. The quantitative estimate of drug-likeness (QED) is 0.151. The third-order valence-electron chi connectivity index (χ3n) is 25.4. The Morgan fingerprint density at radius 2 is 0.750 bits per heavy atom.